The van der Waals surface area contributed by atoms with E-state index in [1.165, 1.54) is 12.5 Å². The van der Waals surface area contributed by atoms with Gasteiger partial charge in [0.05, 0.1) is 0 Å². The van der Waals surface area contributed by atoms with Gasteiger partial charge < -0.3 is 0 Å². The number of hydrogen-bond acceptors (Lipinski definition) is 2. The van der Waals surface area contributed by atoms with Crippen molar-refractivity contribution in [2.75, 3.05) is 0 Å². The molecule has 0 bridgehead atoms. The van der Waals surface area contributed by atoms with Crippen LogP contribution in [-0.4, -0.2) is 9.97 Å². The van der Waals surface area contributed by atoms with Crippen molar-refractivity contribution >= 4 is 0 Å². The summed E-state index contributed by atoms with van der Waals surface area (Å²) in [7, 11) is 0. The summed E-state index contributed by atoms with van der Waals surface area (Å²) >= 11 is 0. The predicted molar refractivity (Wildman–Crippen MR) is 45.1 cm³/mol. The highest BCUT2D eigenvalue weighted by Gasteiger charge is 2.14. The molecule has 0 aliphatic rings. The number of hydrogen-bond donors (Lipinski definition) is 0. The number of aromatic nitrogens is 2. The zero-order chi connectivity index (χ0) is 9.19. The highest BCUT2D eigenvalue weighted by Crippen LogP contribution is 2.20. The van der Waals surface area contributed by atoms with Gasteiger partial charge in [-0.05, 0) is 11.8 Å². The topological polar surface area (TPSA) is 25.8 Å². The molecule has 0 atom stereocenters. The lowest BCUT2D eigenvalue weighted by molar-refractivity contribution is 0.397. The van der Waals surface area contributed by atoms with Gasteiger partial charge in [-0.25, -0.2) is 9.97 Å². The van der Waals surface area contributed by atoms with Crippen molar-refractivity contribution < 1.29 is 4.39 Å². The molecule has 0 unspecified atom stereocenters. The molecular weight excluding hydrogens is 155 g/mol. The zero-order valence-electron chi connectivity index (χ0n) is 7.63. The molecule has 0 fully saturated rings. The quantitative estimate of drug-likeness (QED) is 0.601. The molecule has 1 aromatic rings. The van der Waals surface area contributed by atoms with Crippen LogP contribution in [0.15, 0.2) is 12.5 Å². The molecule has 0 aliphatic heterocycles. The molecule has 0 aliphatic carbocycles. The third kappa shape index (κ3) is 2.57. The third-order valence-electron chi connectivity index (χ3n) is 1.45. The zero-order valence-corrected chi connectivity index (χ0v) is 7.63. The summed E-state index contributed by atoms with van der Waals surface area (Å²) in [6.07, 6.45) is 3.43. The number of nitrogens with zero attached hydrogens (tertiary/aromatic N) is 2. The van der Waals surface area contributed by atoms with E-state index in [2.05, 4.69) is 30.7 Å². The normalized spacial score (nSPS) is 11.7. The average molecular weight is 168 g/mol. The van der Waals surface area contributed by atoms with Crippen molar-refractivity contribution in [1.82, 2.24) is 9.97 Å². The largest absolute Gasteiger partial charge is 0.244 e. The van der Waals surface area contributed by atoms with E-state index in [1.54, 1.807) is 0 Å². The Hall–Kier alpha value is -0.990. The van der Waals surface area contributed by atoms with Gasteiger partial charge in [0.15, 0.2) is 0 Å². The Bertz CT molecular complexity index is 265. The fourth-order valence-corrected chi connectivity index (χ4v) is 1.03. The Kier molecular flexibility index (Phi) is 2.40. The maximum absolute atomic E-state index is 13.0. The molecule has 0 saturated carbocycles. The van der Waals surface area contributed by atoms with Gasteiger partial charge in [0.1, 0.15) is 6.33 Å². The molecule has 1 aromatic heterocycles. The molecule has 3 heteroatoms. The van der Waals surface area contributed by atoms with E-state index in [0.29, 0.717) is 12.0 Å². The molecule has 1 rings (SSSR count). The SMILES string of the molecule is CC(C)(C)Cc1cncnc1F. The second kappa shape index (κ2) is 3.17. The fourth-order valence-electron chi connectivity index (χ4n) is 1.03. The Morgan fingerprint density at radius 3 is 2.58 bits per heavy atom. The average Bonchev–Trinajstić information content (AvgIpc) is 1.91. The van der Waals surface area contributed by atoms with Crippen molar-refractivity contribution in [2.45, 2.75) is 27.2 Å². The van der Waals surface area contributed by atoms with E-state index in [-0.39, 0.29) is 5.41 Å². The van der Waals surface area contributed by atoms with Crippen molar-refractivity contribution in [3.63, 3.8) is 0 Å². The van der Waals surface area contributed by atoms with Crippen LogP contribution >= 0.6 is 0 Å². The molecule has 66 valence electrons. The summed E-state index contributed by atoms with van der Waals surface area (Å²) in [4.78, 5) is 7.26. The maximum Gasteiger partial charge on any atom is 0.219 e. The molecule has 0 N–H and O–H groups in total. The molecule has 12 heavy (non-hydrogen) atoms. The van der Waals surface area contributed by atoms with Gasteiger partial charge >= 0.3 is 0 Å². The van der Waals surface area contributed by atoms with Crippen LogP contribution in [0.2, 0.25) is 0 Å². The second-order valence-corrected chi connectivity index (χ2v) is 4.08. The minimum Gasteiger partial charge on any atom is -0.244 e. The van der Waals surface area contributed by atoms with E-state index in [1.807, 2.05) is 0 Å². The van der Waals surface area contributed by atoms with Crippen LogP contribution in [0, 0.1) is 11.4 Å². The first-order chi connectivity index (χ1) is 5.49. The van der Waals surface area contributed by atoms with Crippen LogP contribution < -0.4 is 0 Å². The number of rotatable bonds is 1. The van der Waals surface area contributed by atoms with Gasteiger partial charge in [0.25, 0.3) is 0 Å². The van der Waals surface area contributed by atoms with Crippen LogP contribution in [0.1, 0.15) is 26.3 Å². The van der Waals surface area contributed by atoms with Crippen LogP contribution in [0.5, 0.6) is 0 Å². The van der Waals surface area contributed by atoms with E-state index < -0.39 is 5.95 Å². The molecule has 1 heterocycles. The van der Waals surface area contributed by atoms with Crippen molar-refractivity contribution in [2.24, 2.45) is 5.41 Å². The Morgan fingerprint density at radius 1 is 1.42 bits per heavy atom. The summed E-state index contributed by atoms with van der Waals surface area (Å²) in [6.45, 7) is 6.17. The summed E-state index contributed by atoms with van der Waals surface area (Å²) < 4.78 is 13.0. The van der Waals surface area contributed by atoms with Crippen molar-refractivity contribution in [3.05, 3.63) is 24.0 Å². The summed E-state index contributed by atoms with van der Waals surface area (Å²) in [6, 6.07) is 0. The lowest BCUT2D eigenvalue weighted by atomic mass is 9.89. The van der Waals surface area contributed by atoms with E-state index in [4.69, 9.17) is 0 Å². The standard InChI is InChI=1S/C9H13FN2/c1-9(2,3)4-7-5-11-6-12-8(7)10/h5-6H,4H2,1-3H3. The van der Waals surface area contributed by atoms with Gasteiger partial charge in [0, 0.05) is 11.8 Å². The second-order valence-electron chi connectivity index (χ2n) is 4.08. The minimum atomic E-state index is -0.403. The molecule has 0 radical (unpaired) electrons. The van der Waals surface area contributed by atoms with Gasteiger partial charge in [-0.15, -0.1) is 0 Å². The van der Waals surface area contributed by atoms with Gasteiger partial charge in [-0.3, -0.25) is 0 Å². The summed E-state index contributed by atoms with van der Waals surface area (Å²) in [5, 5.41) is 0. The Labute approximate surface area is 71.9 Å². The fraction of sp³-hybridized carbons (Fsp3) is 0.556. The minimum absolute atomic E-state index is 0.0750. The lowest BCUT2D eigenvalue weighted by Crippen LogP contribution is -2.11. The van der Waals surface area contributed by atoms with Crippen molar-refractivity contribution in [1.29, 1.82) is 0 Å². The highest BCUT2D eigenvalue weighted by atomic mass is 19.1. The van der Waals surface area contributed by atoms with Gasteiger partial charge in [-0.2, -0.15) is 4.39 Å². The van der Waals surface area contributed by atoms with Gasteiger partial charge in [-0.1, -0.05) is 20.8 Å². The molecule has 0 aromatic carbocycles. The molecule has 0 spiro atoms. The summed E-state index contributed by atoms with van der Waals surface area (Å²) in [5.74, 6) is -0.403. The van der Waals surface area contributed by atoms with E-state index in [0.717, 1.165) is 0 Å². The monoisotopic (exact) mass is 168 g/mol. The molecule has 0 amide bonds. The Balaban J connectivity index is 2.83. The first kappa shape index (κ1) is 9.10. The van der Waals surface area contributed by atoms with Crippen LogP contribution in [0.3, 0.4) is 0 Å². The Morgan fingerprint density at radius 2 is 2.08 bits per heavy atom. The van der Waals surface area contributed by atoms with E-state index >= 15 is 0 Å². The predicted octanol–water partition coefficient (Wildman–Crippen LogP) is 2.20. The van der Waals surface area contributed by atoms with E-state index in [9.17, 15) is 4.39 Å². The molecule has 2 nitrogen and oxygen atoms in total. The smallest absolute Gasteiger partial charge is 0.219 e. The molecule has 0 saturated heterocycles. The van der Waals surface area contributed by atoms with Gasteiger partial charge in [0.2, 0.25) is 5.95 Å². The van der Waals surface area contributed by atoms with Crippen LogP contribution in [0.25, 0.3) is 0 Å². The van der Waals surface area contributed by atoms with Crippen LogP contribution in [-0.2, 0) is 6.42 Å². The number of halogens is 1. The summed E-state index contributed by atoms with van der Waals surface area (Å²) in [5.41, 5.74) is 0.663. The maximum atomic E-state index is 13.0. The third-order valence-corrected chi connectivity index (χ3v) is 1.45. The van der Waals surface area contributed by atoms with Crippen molar-refractivity contribution in [3.8, 4) is 0 Å². The van der Waals surface area contributed by atoms with Crippen LogP contribution in [0.4, 0.5) is 4.39 Å². The first-order valence-electron chi connectivity index (χ1n) is 3.93. The first-order valence-corrected chi connectivity index (χ1v) is 3.93. The highest BCUT2D eigenvalue weighted by molar-refractivity contribution is 5.07. The lowest BCUT2D eigenvalue weighted by Gasteiger charge is -2.17. The molecular formula is C9H13FN2.